The summed E-state index contributed by atoms with van der Waals surface area (Å²) in [5, 5.41) is 0. The molecule has 21 heavy (non-hydrogen) atoms. The van der Waals surface area contributed by atoms with Gasteiger partial charge in [-0.25, -0.2) is 5.48 Å². The first-order chi connectivity index (χ1) is 10.1. The normalized spacial score (nSPS) is 10.4. The van der Waals surface area contributed by atoms with Gasteiger partial charge in [-0.1, -0.05) is 30.3 Å². The van der Waals surface area contributed by atoms with E-state index in [1.807, 2.05) is 30.3 Å². The Balaban J connectivity index is 1.83. The van der Waals surface area contributed by atoms with E-state index in [9.17, 15) is 13.6 Å². The van der Waals surface area contributed by atoms with Gasteiger partial charge in [-0.3, -0.25) is 9.63 Å². The highest BCUT2D eigenvalue weighted by Crippen LogP contribution is 2.14. The van der Waals surface area contributed by atoms with Crippen LogP contribution in [0, 0.1) is 0 Å². The van der Waals surface area contributed by atoms with E-state index in [0.29, 0.717) is 0 Å². The lowest BCUT2D eigenvalue weighted by atomic mass is 10.2. The Bertz CT molecular complexity index is 573. The molecule has 0 heterocycles. The summed E-state index contributed by atoms with van der Waals surface area (Å²) in [7, 11) is 0. The van der Waals surface area contributed by atoms with Crippen LogP contribution in [0.25, 0.3) is 0 Å². The predicted molar refractivity (Wildman–Crippen MR) is 71.8 cm³/mol. The van der Waals surface area contributed by atoms with Crippen LogP contribution in [0.15, 0.2) is 54.6 Å². The maximum atomic E-state index is 12.0. The average Bonchev–Trinajstić information content (AvgIpc) is 2.48. The number of halogens is 2. The van der Waals surface area contributed by atoms with E-state index in [2.05, 4.69) is 10.2 Å². The number of hydrogen-bond donors (Lipinski definition) is 1. The SMILES string of the molecule is O=C(NOCc1ccccc1)c1ccc(OC(F)F)cc1. The minimum Gasteiger partial charge on any atom is -0.435 e. The second-order valence-corrected chi connectivity index (χ2v) is 4.11. The van der Waals surface area contributed by atoms with Gasteiger partial charge in [0.2, 0.25) is 0 Å². The van der Waals surface area contributed by atoms with E-state index in [4.69, 9.17) is 4.84 Å². The van der Waals surface area contributed by atoms with Gasteiger partial charge < -0.3 is 4.74 Å². The number of hydrogen-bond acceptors (Lipinski definition) is 3. The number of ether oxygens (including phenoxy) is 1. The third kappa shape index (κ3) is 4.85. The van der Waals surface area contributed by atoms with Crippen LogP contribution in [0.4, 0.5) is 8.78 Å². The fourth-order valence-electron chi connectivity index (χ4n) is 1.61. The number of rotatable bonds is 6. The summed E-state index contributed by atoms with van der Waals surface area (Å²) in [6.07, 6.45) is 0. The number of benzene rings is 2. The molecular weight excluding hydrogens is 280 g/mol. The highest BCUT2D eigenvalue weighted by molar-refractivity contribution is 5.93. The molecule has 2 aromatic rings. The maximum absolute atomic E-state index is 12.0. The van der Waals surface area contributed by atoms with Crippen LogP contribution in [0.5, 0.6) is 5.75 Å². The number of carbonyl (C=O) groups excluding carboxylic acids is 1. The van der Waals surface area contributed by atoms with Crippen molar-refractivity contribution in [1.82, 2.24) is 5.48 Å². The van der Waals surface area contributed by atoms with E-state index < -0.39 is 12.5 Å². The van der Waals surface area contributed by atoms with Crippen molar-refractivity contribution >= 4 is 5.91 Å². The summed E-state index contributed by atoms with van der Waals surface area (Å²) >= 11 is 0. The molecule has 0 aliphatic carbocycles. The molecule has 6 heteroatoms. The zero-order valence-electron chi connectivity index (χ0n) is 11.0. The molecule has 0 unspecified atom stereocenters. The molecule has 0 aliphatic heterocycles. The first-order valence-electron chi connectivity index (χ1n) is 6.16. The monoisotopic (exact) mass is 293 g/mol. The number of hydroxylamine groups is 1. The number of amides is 1. The van der Waals surface area contributed by atoms with Crippen LogP contribution >= 0.6 is 0 Å². The Morgan fingerprint density at radius 1 is 1.05 bits per heavy atom. The number of carbonyl (C=O) groups is 1. The van der Waals surface area contributed by atoms with Crippen molar-refractivity contribution < 1.29 is 23.1 Å². The second kappa shape index (κ2) is 7.35. The highest BCUT2D eigenvalue weighted by atomic mass is 19.3. The lowest BCUT2D eigenvalue weighted by Crippen LogP contribution is -2.23. The van der Waals surface area contributed by atoms with Gasteiger partial charge in [0.15, 0.2) is 0 Å². The topological polar surface area (TPSA) is 47.6 Å². The fourth-order valence-corrected chi connectivity index (χ4v) is 1.61. The molecule has 0 saturated carbocycles. The molecular formula is C15H13F2NO3. The van der Waals surface area contributed by atoms with Crippen molar-refractivity contribution in [3.8, 4) is 5.75 Å². The second-order valence-electron chi connectivity index (χ2n) is 4.11. The summed E-state index contributed by atoms with van der Waals surface area (Å²) in [6, 6.07) is 14.7. The molecule has 0 spiro atoms. The summed E-state index contributed by atoms with van der Waals surface area (Å²) in [6.45, 7) is -2.65. The lowest BCUT2D eigenvalue weighted by Gasteiger charge is -2.07. The van der Waals surface area contributed by atoms with Crippen molar-refractivity contribution in [2.45, 2.75) is 13.2 Å². The summed E-state index contributed by atoms with van der Waals surface area (Å²) < 4.78 is 28.2. The number of alkyl halides is 2. The largest absolute Gasteiger partial charge is 0.435 e. The Labute approximate surface area is 120 Å². The van der Waals surface area contributed by atoms with Crippen molar-refractivity contribution in [2.75, 3.05) is 0 Å². The van der Waals surface area contributed by atoms with Crippen LogP contribution in [0.2, 0.25) is 0 Å². The van der Waals surface area contributed by atoms with Crippen molar-refractivity contribution in [3.63, 3.8) is 0 Å². The van der Waals surface area contributed by atoms with Crippen LogP contribution < -0.4 is 10.2 Å². The Morgan fingerprint density at radius 3 is 2.33 bits per heavy atom. The molecule has 0 atom stereocenters. The number of nitrogens with one attached hydrogen (secondary N) is 1. The Hall–Kier alpha value is -2.47. The minimum atomic E-state index is -2.89. The van der Waals surface area contributed by atoms with Gasteiger partial charge >= 0.3 is 6.61 Å². The van der Waals surface area contributed by atoms with Gasteiger partial charge in [0.05, 0.1) is 6.61 Å². The fraction of sp³-hybridized carbons (Fsp3) is 0.133. The molecule has 0 radical (unpaired) electrons. The predicted octanol–water partition coefficient (Wildman–Crippen LogP) is 3.15. The Morgan fingerprint density at radius 2 is 1.71 bits per heavy atom. The molecule has 1 amide bonds. The smallest absolute Gasteiger partial charge is 0.387 e. The van der Waals surface area contributed by atoms with Gasteiger partial charge in [0.1, 0.15) is 5.75 Å². The lowest BCUT2D eigenvalue weighted by molar-refractivity contribution is -0.0498. The first-order valence-corrected chi connectivity index (χ1v) is 6.16. The van der Waals surface area contributed by atoms with Gasteiger partial charge in [0.25, 0.3) is 5.91 Å². The van der Waals surface area contributed by atoms with E-state index in [0.717, 1.165) is 5.56 Å². The molecule has 110 valence electrons. The zero-order chi connectivity index (χ0) is 15.1. The van der Waals surface area contributed by atoms with E-state index in [-0.39, 0.29) is 17.9 Å². The van der Waals surface area contributed by atoms with Crippen molar-refractivity contribution in [2.24, 2.45) is 0 Å². The molecule has 2 rings (SSSR count). The summed E-state index contributed by atoms with van der Waals surface area (Å²) in [5.41, 5.74) is 3.48. The molecule has 0 fully saturated rings. The molecule has 2 aromatic carbocycles. The van der Waals surface area contributed by atoms with Gasteiger partial charge in [-0.15, -0.1) is 0 Å². The molecule has 4 nitrogen and oxygen atoms in total. The van der Waals surface area contributed by atoms with Gasteiger partial charge in [-0.05, 0) is 29.8 Å². The third-order valence-corrected chi connectivity index (χ3v) is 2.59. The van der Waals surface area contributed by atoms with Crippen LogP contribution in [0.1, 0.15) is 15.9 Å². The average molecular weight is 293 g/mol. The standard InChI is InChI=1S/C15H13F2NO3/c16-15(17)21-13-8-6-12(7-9-13)14(19)18-20-10-11-4-2-1-3-5-11/h1-9,15H,10H2,(H,18,19). The summed E-state index contributed by atoms with van der Waals surface area (Å²) in [5.74, 6) is -0.471. The first kappa shape index (κ1) is 14.9. The van der Waals surface area contributed by atoms with Crippen molar-refractivity contribution in [3.05, 3.63) is 65.7 Å². The summed E-state index contributed by atoms with van der Waals surface area (Å²) in [4.78, 5) is 16.8. The molecule has 1 N–H and O–H groups in total. The third-order valence-electron chi connectivity index (χ3n) is 2.59. The molecule has 0 aromatic heterocycles. The molecule has 0 bridgehead atoms. The molecule has 0 saturated heterocycles. The van der Waals surface area contributed by atoms with E-state index >= 15 is 0 Å². The maximum Gasteiger partial charge on any atom is 0.387 e. The molecule has 0 aliphatic rings. The van der Waals surface area contributed by atoms with Crippen LogP contribution in [0.3, 0.4) is 0 Å². The van der Waals surface area contributed by atoms with Gasteiger partial charge in [-0.2, -0.15) is 8.78 Å². The van der Waals surface area contributed by atoms with Crippen molar-refractivity contribution in [1.29, 1.82) is 0 Å². The van der Waals surface area contributed by atoms with E-state index in [1.165, 1.54) is 24.3 Å². The van der Waals surface area contributed by atoms with Gasteiger partial charge in [0, 0.05) is 5.56 Å². The zero-order valence-corrected chi connectivity index (χ0v) is 11.0. The Kier molecular flexibility index (Phi) is 5.22. The van der Waals surface area contributed by atoms with Crippen LogP contribution in [-0.4, -0.2) is 12.5 Å². The minimum absolute atomic E-state index is 0.00764. The highest BCUT2D eigenvalue weighted by Gasteiger charge is 2.08. The quantitative estimate of drug-likeness (QED) is 0.832. The van der Waals surface area contributed by atoms with Crippen LogP contribution in [-0.2, 0) is 11.4 Å². The van der Waals surface area contributed by atoms with E-state index in [1.54, 1.807) is 0 Å².